The van der Waals surface area contributed by atoms with Gasteiger partial charge in [-0.05, 0) is 32.0 Å². The molecule has 2 aromatic carbocycles. The molecule has 2 aliphatic heterocycles. The highest BCUT2D eigenvalue weighted by Crippen LogP contribution is 2.50. The fourth-order valence-electron chi connectivity index (χ4n) is 3.67. The monoisotopic (exact) mass is 420 g/mol. The van der Waals surface area contributed by atoms with Crippen LogP contribution >= 0.6 is 0 Å². The van der Waals surface area contributed by atoms with Crippen molar-refractivity contribution in [2.45, 2.75) is 30.4 Å². The van der Waals surface area contributed by atoms with Crippen LogP contribution in [0.25, 0.3) is 0 Å². The van der Waals surface area contributed by atoms with Crippen molar-refractivity contribution in [2.24, 2.45) is 0 Å². The topological polar surface area (TPSA) is 84.0 Å². The summed E-state index contributed by atoms with van der Waals surface area (Å²) in [5.74, 6) is 0.126. The fourth-order valence-corrected chi connectivity index (χ4v) is 6.95. The minimum Gasteiger partial charge on any atom is -0.370 e. The molecule has 0 radical (unpaired) electrons. The number of nitrogens with zero attached hydrogens (tertiary/aromatic N) is 2. The van der Waals surface area contributed by atoms with Gasteiger partial charge in [-0.15, -0.1) is 10.9 Å². The molecule has 0 N–H and O–H groups in total. The number of hydrogen-bond acceptors (Lipinski definition) is 5. The van der Waals surface area contributed by atoms with Crippen LogP contribution < -0.4 is 4.18 Å². The maximum Gasteiger partial charge on any atom is 0.387 e. The summed E-state index contributed by atoms with van der Waals surface area (Å²) < 4.78 is 60.2. The number of aryl methyl sites for hydroxylation is 1. The SMILES string of the molecule is C=C[C@@]1(C)CN(S(=O)(=O)c2ccc(C)cc2)[C@H]2c3ccccc3OS(=O)(=O)N21. The summed E-state index contributed by atoms with van der Waals surface area (Å²) in [4.78, 5) is 0.104. The molecule has 4 rings (SSSR count). The van der Waals surface area contributed by atoms with Crippen molar-refractivity contribution in [3.63, 3.8) is 0 Å². The van der Waals surface area contributed by atoms with E-state index >= 15 is 0 Å². The number of benzene rings is 2. The van der Waals surface area contributed by atoms with Crippen molar-refractivity contribution in [3.05, 3.63) is 72.3 Å². The minimum absolute atomic E-state index is 0.0751. The summed E-state index contributed by atoms with van der Waals surface area (Å²) in [6.07, 6.45) is 0.392. The maximum atomic E-state index is 13.5. The maximum absolute atomic E-state index is 13.5. The van der Waals surface area contributed by atoms with Crippen molar-refractivity contribution >= 4 is 20.3 Å². The van der Waals surface area contributed by atoms with Gasteiger partial charge in [0.1, 0.15) is 11.9 Å². The van der Waals surface area contributed by atoms with Crippen LogP contribution in [-0.2, 0) is 20.3 Å². The van der Waals surface area contributed by atoms with Gasteiger partial charge >= 0.3 is 10.3 Å². The first-order valence-corrected chi connectivity index (χ1v) is 11.5. The van der Waals surface area contributed by atoms with Crippen LogP contribution in [0.15, 0.2) is 66.1 Å². The number of sulfonamides is 1. The molecule has 148 valence electrons. The van der Waals surface area contributed by atoms with Gasteiger partial charge in [-0.25, -0.2) is 8.42 Å². The standard InChI is InChI=1S/C19H20N2O5S2/c1-4-19(3)13-20(27(22,23)15-11-9-14(2)10-12-15)18-16-7-5-6-8-17(16)26-28(24,25)21(18)19/h4-12,18H,1,13H2,2-3H3/t18-,19+/m1/s1. The van der Waals surface area contributed by atoms with Crippen LogP contribution in [-0.4, -0.2) is 37.5 Å². The van der Waals surface area contributed by atoms with Crippen LogP contribution in [0.3, 0.4) is 0 Å². The lowest BCUT2D eigenvalue weighted by molar-refractivity contribution is 0.209. The van der Waals surface area contributed by atoms with E-state index in [2.05, 4.69) is 6.58 Å². The highest BCUT2D eigenvalue weighted by molar-refractivity contribution is 7.89. The summed E-state index contributed by atoms with van der Waals surface area (Å²) in [7, 11) is -8.20. The second kappa shape index (κ2) is 6.15. The van der Waals surface area contributed by atoms with Gasteiger partial charge in [0.15, 0.2) is 0 Å². The molecule has 2 heterocycles. The summed E-state index contributed by atoms with van der Waals surface area (Å²) in [5, 5.41) is 0. The normalized spacial score (nSPS) is 26.9. The molecule has 9 heteroatoms. The van der Waals surface area contributed by atoms with Gasteiger partial charge in [-0.1, -0.05) is 42.0 Å². The van der Waals surface area contributed by atoms with Crippen molar-refractivity contribution < 1.29 is 21.0 Å². The van der Waals surface area contributed by atoms with Crippen molar-refractivity contribution in [1.29, 1.82) is 0 Å². The van der Waals surface area contributed by atoms with Crippen LogP contribution in [0.4, 0.5) is 0 Å². The van der Waals surface area contributed by atoms with Gasteiger partial charge in [-0.3, -0.25) is 0 Å². The van der Waals surface area contributed by atoms with E-state index in [-0.39, 0.29) is 17.2 Å². The Morgan fingerprint density at radius 1 is 1.18 bits per heavy atom. The minimum atomic E-state index is -4.22. The molecule has 2 atom stereocenters. The summed E-state index contributed by atoms with van der Waals surface area (Å²) in [6, 6.07) is 13.0. The lowest BCUT2D eigenvalue weighted by atomic mass is 10.0. The highest BCUT2D eigenvalue weighted by atomic mass is 32.2. The Labute approximate surface area is 165 Å². The van der Waals surface area contributed by atoms with Gasteiger partial charge in [0.2, 0.25) is 10.0 Å². The number of fused-ring (bicyclic) bond motifs is 3. The predicted octanol–water partition coefficient (Wildman–Crippen LogP) is 2.58. The van der Waals surface area contributed by atoms with Crippen molar-refractivity contribution in [2.75, 3.05) is 6.54 Å². The third kappa shape index (κ3) is 2.69. The van der Waals surface area contributed by atoms with Crippen LogP contribution in [0.1, 0.15) is 24.2 Å². The van der Waals surface area contributed by atoms with E-state index in [0.717, 1.165) is 9.87 Å². The molecule has 1 fully saturated rings. The van der Waals surface area contributed by atoms with Crippen molar-refractivity contribution in [3.8, 4) is 5.75 Å². The Hall–Kier alpha value is -2.20. The fraction of sp³-hybridized carbons (Fsp3) is 0.263. The summed E-state index contributed by atoms with van der Waals surface area (Å²) in [6.45, 7) is 7.17. The Morgan fingerprint density at radius 3 is 2.46 bits per heavy atom. The smallest absolute Gasteiger partial charge is 0.370 e. The quantitative estimate of drug-likeness (QED) is 0.713. The molecule has 0 aliphatic carbocycles. The average molecular weight is 421 g/mol. The molecule has 0 saturated carbocycles. The molecular formula is C19H20N2O5S2. The molecule has 0 spiro atoms. The third-order valence-corrected chi connectivity index (χ3v) is 8.48. The number of hydrogen-bond donors (Lipinski definition) is 0. The molecule has 0 amide bonds. The first kappa shape index (κ1) is 19.1. The second-order valence-corrected chi connectivity index (χ2v) is 10.5. The molecule has 2 aliphatic rings. The Morgan fingerprint density at radius 2 is 1.82 bits per heavy atom. The van der Waals surface area contributed by atoms with E-state index in [4.69, 9.17) is 4.18 Å². The Balaban J connectivity index is 1.95. The van der Waals surface area contributed by atoms with E-state index in [1.165, 1.54) is 28.6 Å². The average Bonchev–Trinajstić information content (AvgIpc) is 2.98. The van der Waals surface area contributed by atoms with E-state index in [1.54, 1.807) is 37.3 Å². The van der Waals surface area contributed by atoms with E-state index in [9.17, 15) is 16.8 Å². The third-order valence-electron chi connectivity index (χ3n) is 5.17. The van der Waals surface area contributed by atoms with E-state index in [1.807, 2.05) is 6.92 Å². The van der Waals surface area contributed by atoms with Gasteiger partial charge in [0, 0.05) is 12.1 Å². The number of rotatable bonds is 3. The molecule has 7 nitrogen and oxygen atoms in total. The van der Waals surface area contributed by atoms with E-state index in [0.29, 0.717) is 5.56 Å². The summed E-state index contributed by atoms with van der Waals surface area (Å²) in [5.41, 5.74) is 0.241. The zero-order valence-electron chi connectivity index (χ0n) is 15.4. The van der Waals surface area contributed by atoms with Crippen LogP contribution in [0.5, 0.6) is 5.75 Å². The van der Waals surface area contributed by atoms with Crippen LogP contribution in [0, 0.1) is 6.92 Å². The van der Waals surface area contributed by atoms with Gasteiger partial charge in [0.25, 0.3) is 0 Å². The molecule has 28 heavy (non-hydrogen) atoms. The predicted molar refractivity (Wildman–Crippen MR) is 104 cm³/mol. The van der Waals surface area contributed by atoms with Gasteiger partial charge < -0.3 is 4.18 Å². The molecule has 0 aromatic heterocycles. The first-order valence-electron chi connectivity index (χ1n) is 8.65. The highest BCUT2D eigenvalue weighted by Gasteiger charge is 2.60. The zero-order chi connectivity index (χ0) is 20.3. The lowest BCUT2D eigenvalue weighted by Crippen LogP contribution is -2.50. The van der Waals surface area contributed by atoms with Gasteiger partial charge in [-0.2, -0.15) is 12.7 Å². The first-order chi connectivity index (χ1) is 13.1. The Bertz CT molecular complexity index is 1160. The molecular weight excluding hydrogens is 400 g/mol. The zero-order valence-corrected chi connectivity index (χ0v) is 17.1. The summed E-state index contributed by atoms with van der Waals surface area (Å²) >= 11 is 0. The number of para-hydroxylation sites is 1. The largest absolute Gasteiger partial charge is 0.387 e. The van der Waals surface area contributed by atoms with Crippen molar-refractivity contribution in [1.82, 2.24) is 8.61 Å². The Kier molecular flexibility index (Phi) is 4.20. The second-order valence-electron chi connectivity index (χ2n) is 7.17. The molecule has 0 unspecified atom stereocenters. The molecule has 2 aromatic rings. The molecule has 0 bridgehead atoms. The van der Waals surface area contributed by atoms with Gasteiger partial charge in [0.05, 0.1) is 10.4 Å². The lowest BCUT2D eigenvalue weighted by Gasteiger charge is -2.37. The molecule has 1 saturated heterocycles. The van der Waals surface area contributed by atoms with Crippen LogP contribution in [0.2, 0.25) is 0 Å². The van der Waals surface area contributed by atoms with E-state index < -0.39 is 32.0 Å².